The lowest BCUT2D eigenvalue weighted by molar-refractivity contribution is -0.116. The fourth-order valence-corrected chi connectivity index (χ4v) is 2.32. The predicted octanol–water partition coefficient (Wildman–Crippen LogP) is 0.538. The van der Waals surface area contributed by atoms with E-state index in [1.54, 1.807) is 14.0 Å². The molecule has 0 saturated carbocycles. The number of carbonyl (C=O) groups is 1. The van der Waals surface area contributed by atoms with E-state index < -0.39 is 15.6 Å². The molecule has 0 radical (unpaired) electrons. The molecule has 1 aromatic heterocycles. The Balaban J connectivity index is 2.85. The predicted molar refractivity (Wildman–Crippen MR) is 61.4 cm³/mol. The van der Waals surface area contributed by atoms with E-state index in [1.165, 1.54) is 4.68 Å². The fourth-order valence-electron chi connectivity index (χ4n) is 1.40. The van der Waals surface area contributed by atoms with Gasteiger partial charge in [0, 0.05) is 13.3 Å². The van der Waals surface area contributed by atoms with Crippen molar-refractivity contribution in [2.45, 2.75) is 13.3 Å². The molecule has 1 rings (SSSR count). The average molecular weight is 265 g/mol. The van der Waals surface area contributed by atoms with Crippen LogP contribution in [0.25, 0.3) is 0 Å². The van der Waals surface area contributed by atoms with Crippen LogP contribution in [-0.2, 0) is 28.1 Å². The lowest BCUT2D eigenvalue weighted by Gasteiger charge is -2.01. The second-order valence-corrected chi connectivity index (χ2v) is 6.27. The van der Waals surface area contributed by atoms with Gasteiger partial charge in [0.2, 0.25) is 0 Å². The normalized spacial score (nSPS) is 11.8. The molecular weight excluding hydrogens is 252 g/mol. The Morgan fingerprint density at radius 1 is 1.50 bits per heavy atom. The fraction of sp³-hybridized carbons (Fsp3) is 0.556. The van der Waals surface area contributed by atoms with Crippen LogP contribution in [0.3, 0.4) is 0 Å². The molecule has 90 valence electrons. The van der Waals surface area contributed by atoms with Crippen LogP contribution in [0.4, 0.5) is 0 Å². The second-order valence-electron chi connectivity index (χ2n) is 3.76. The Morgan fingerprint density at radius 3 is 2.44 bits per heavy atom. The van der Waals surface area contributed by atoms with Crippen LogP contribution in [0, 0.1) is 6.92 Å². The molecule has 5 nitrogen and oxygen atoms in total. The minimum absolute atomic E-state index is 0.0107. The van der Waals surface area contributed by atoms with E-state index in [-0.39, 0.29) is 12.2 Å². The first kappa shape index (κ1) is 13.2. The number of halogens is 1. The van der Waals surface area contributed by atoms with Gasteiger partial charge in [-0.25, -0.2) is 8.42 Å². The first-order valence-corrected chi connectivity index (χ1v) is 7.02. The number of aromatic nitrogens is 2. The number of aryl methyl sites for hydroxylation is 2. The zero-order valence-corrected chi connectivity index (χ0v) is 10.9. The molecule has 0 amide bonds. The summed E-state index contributed by atoms with van der Waals surface area (Å²) in [6, 6.07) is 0. The summed E-state index contributed by atoms with van der Waals surface area (Å²) >= 11 is 5.94. The van der Waals surface area contributed by atoms with Gasteiger partial charge in [-0.1, -0.05) is 11.6 Å². The van der Waals surface area contributed by atoms with Crippen LogP contribution in [0.5, 0.6) is 0 Å². The maximum Gasteiger partial charge on any atom is 0.154 e. The number of rotatable bonds is 4. The number of hydrogen-bond acceptors (Lipinski definition) is 4. The second kappa shape index (κ2) is 4.55. The summed E-state index contributed by atoms with van der Waals surface area (Å²) in [7, 11) is -1.62. The molecule has 0 unspecified atom stereocenters. The molecule has 0 saturated heterocycles. The van der Waals surface area contributed by atoms with Crippen LogP contribution < -0.4 is 0 Å². The molecule has 0 aliphatic rings. The Kier molecular flexibility index (Phi) is 3.75. The minimum atomic E-state index is -3.28. The lowest BCUT2D eigenvalue weighted by atomic mass is 10.2. The van der Waals surface area contributed by atoms with Crippen molar-refractivity contribution in [1.82, 2.24) is 9.78 Å². The van der Waals surface area contributed by atoms with Crippen molar-refractivity contribution in [3.05, 3.63) is 16.4 Å². The zero-order chi connectivity index (χ0) is 12.5. The molecule has 0 aromatic carbocycles. The van der Waals surface area contributed by atoms with Gasteiger partial charge in [-0.15, -0.1) is 0 Å². The quantitative estimate of drug-likeness (QED) is 0.796. The van der Waals surface area contributed by atoms with Crippen molar-refractivity contribution in [1.29, 1.82) is 0 Å². The summed E-state index contributed by atoms with van der Waals surface area (Å²) in [5.74, 6) is -0.847. The standard InChI is InChI=1S/C9H13ClN2O3S/c1-6-9(10)8(12(2)11-6)4-7(13)5-16(3,14)15/h4-5H2,1-3H3. The number of sulfone groups is 1. The van der Waals surface area contributed by atoms with Gasteiger partial charge in [-0.2, -0.15) is 5.10 Å². The highest BCUT2D eigenvalue weighted by Gasteiger charge is 2.17. The molecule has 0 aliphatic carbocycles. The van der Waals surface area contributed by atoms with Crippen LogP contribution in [0.2, 0.25) is 5.02 Å². The van der Waals surface area contributed by atoms with E-state index in [0.29, 0.717) is 16.4 Å². The molecule has 1 heterocycles. The van der Waals surface area contributed by atoms with Crippen LogP contribution in [0.1, 0.15) is 11.4 Å². The number of nitrogens with zero attached hydrogens (tertiary/aromatic N) is 2. The van der Waals surface area contributed by atoms with Gasteiger partial charge in [0.15, 0.2) is 15.6 Å². The van der Waals surface area contributed by atoms with Crippen molar-refractivity contribution >= 4 is 27.2 Å². The van der Waals surface area contributed by atoms with Crippen molar-refractivity contribution < 1.29 is 13.2 Å². The van der Waals surface area contributed by atoms with Crippen molar-refractivity contribution in [2.24, 2.45) is 7.05 Å². The number of carbonyl (C=O) groups excluding carboxylic acids is 1. The van der Waals surface area contributed by atoms with Crippen LogP contribution in [0.15, 0.2) is 0 Å². The molecule has 0 aliphatic heterocycles. The third-order valence-corrected chi connectivity index (χ3v) is 3.39. The highest BCUT2D eigenvalue weighted by molar-refractivity contribution is 7.91. The highest BCUT2D eigenvalue weighted by Crippen LogP contribution is 2.19. The zero-order valence-electron chi connectivity index (χ0n) is 9.32. The maximum atomic E-state index is 11.5. The molecule has 0 fully saturated rings. The highest BCUT2D eigenvalue weighted by atomic mass is 35.5. The number of Topliss-reactive ketones (excluding diaryl/α,β-unsaturated/α-hetero) is 1. The third kappa shape index (κ3) is 3.31. The lowest BCUT2D eigenvalue weighted by Crippen LogP contribution is -2.18. The molecule has 0 spiro atoms. The average Bonchev–Trinajstić information content (AvgIpc) is 2.29. The van der Waals surface area contributed by atoms with Gasteiger partial charge in [0.1, 0.15) is 5.75 Å². The molecule has 0 bridgehead atoms. The van der Waals surface area contributed by atoms with E-state index in [2.05, 4.69) is 5.10 Å². The van der Waals surface area contributed by atoms with E-state index in [4.69, 9.17) is 11.6 Å². The molecule has 0 N–H and O–H groups in total. The molecule has 1 aromatic rings. The monoisotopic (exact) mass is 264 g/mol. The molecule has 7 heteroatoms. The Bertz CT molecular complexity index is 519. The van der Waals surface area contributed by atoms with Gasteiger partial charge < -0.3 is 0 Å². The molecular formula is C9H13ClN2O3S. The van der Waals surface area contributed by atoms with Gasteiger partial charge in [-0.3, -0.25) is 9.48 Å². The van der Waals surface area contributed by atoms with Gasteiger partial charge in [0.25, 0.3) is 0 Å². The Hall–Kier alpha value is -0.880. The summed E-state index contributed by atoms with van der Waals surface area (Å²) < 4.78 is 23.4. The van der Waals surface area contributed by atoms with Crippen molar-refractivity contribution in [3.63, 3.8) is 0 Å². The van der Waals surface area contributed by atoms with Gasteiger partial charge in [0.05, 0.1) is 22.8 Å². The smallest absolute Gasteiger partial charge is 0.154 e. The number of ketones is 1. The van der Waals surface area contributed by atoms with E-state index >= 15 is 0 Å². The first-order valence-electron chi connectivity index (χ1n) is 4.58. The van der Waals surface area contributed by atoms with E-state index in [9.17, 15) is 13.2 Å². The SMILES string of the molecule is Cc1nn(C)c(CC(=O)CS(C)(=O)=O)c1Cl. The summed E-state index contributed by atoms with van der Waals surface area (Å²) in [4.78, 5) is 11.5. The topological polar surface area (TPSA) is 69.0 Å². The van der Waals surface area contributed by atoms with Crippen molar-refractivity contribution in [2.75, 3.05) is 12.0 Å². The largest absolute Gasteiger partial charge is 0.298 e. The van der Waals surface area contributed by atoms with Gasteiger partial charge >= 0.3 is 0 Å². The van der Waals surface area contributed by atoms with Crippen molar-refractivity contribution in [3.8, 4) is 0 Å². The molecule has 0 atom stereocenters. The summed E-state index contributed by atoms with van der Waals surface area (Å²) in [5, 5.41) is 4.46. The van der Waals surface area contributed by atoms with E-state index in [0.717, 1.165) is 6.26 Å². The Morgan fingerprint density at radius 2 is 2.06 bits per heavy atom. The molecule has 16 heavy (non-hydrogen) atoms. The summed E-state index contributed by atoms with van der Waals surface area (Å²) in [6.45, 7) is 1.73. The maximum absolute atomic E-state index is 11.5. The summed E-state index contributed by atoms with van der Waals surface area (Å²) in [5.41, 5.74) is 1.18. The first-order chi connectivity index (χ1) is 7.20. The number of hydrogen-bond donors (Lipinski definition) is 0. The minimum Gasteiger partial charge on any atom is -0.298 e. The summed E-state index contributed by atoms with van der Waals surface area (Å²) in [6.07, 6.45) is 1.02. The third-order valence-electron chi connectivity index (χ3n) is 2.05. The van der Waals surface area contributed by atoms with Crippen LogP contribution in [-0.4, -0.2) is 36.0 Å². The van der Waals surface area contributed by atoms with Crippen LogP contribution >= 0.6 is 11.6 Å². The van der Waals surface area contributed by atoms with E-state index in [1.807, 2.05) is 0 Å². The van der Waals surface area contributed by atoms with Gasteiger partial charge in [-0.05, 0) is 6.92 Å². The Labute approximate surface area is 99.3 Å².